The molecule has 2 aliphatic rings. The van der Waals surface area contributed by atoms with Crippen molar-refractivity contribution in [3.63, 3.8) is 0 Å². The highest BCUT2D eigenvalue weighted by Crippen LogP contribution is 2.36. The molecular formula is C25H27N3O5. The molecule has 0 spiro atoms. The van der Waals surface area contributed by atoms with Gasteiger partial charge in [-0.25, -0.2) is 0 Å². The number of likely N-dealkylation sites (N-methyl/N-ethyl adjacent to an activating group) is 1. The Morgan fingerprint density at radius 3 is 2.15 bits per heavy atom. The highest BCUT2D eigenvalue weighted by atomic mass is 16.5. The summed E-state index contributed by atoms with van der Waals surface area (Å²) in [6.07, 6.45) is -0.587. The van der Waals surface area contributed by atoms with Gasteiger partial charge in [0.1, 0.15) is 11.8 Å². The van der Waals surface area contributed by atoms with E-state index in [9.17, 15) is 19.2 Å². The highest BCUT2D eigenvalue weighted by molar-refractivity contribution is 6.23. The van der Waals surface area contributed by atoms with Crippen molar-refractivity contribution in [2.24, 2.45) is 5.92 Å². The van der Waals surface area contributed by atoms with Crippen molar-refractivity contribution < 1.29 is 23.9 Å². The lowest BCUT2D eigenvalue weighted by Crippen LogP contribution is -2.56. The maximum Gasteiger partial charge on any atom is 0.265 e. The summed E-state index contributed by atoms with van der Waals surface area (Å²) in [5, 5.41) is 0. The molecule has 0 fully saturated rings. The summed E-state index contributed by atoms with van der Waals surface area (Å²) >= 11 is 0. The minimum Gasteiger partial charge on any atom is -0.476 e. The van der Waals surface area contributed by atoms with Crippen LogP contribution in [0, 0.1) is 5.92 Å². The number of hydrogen-bond donors (Lipinski definition) is 0. The van der Waals surface area contributed by atoms with Crippen LogP contribution in [0.2, 0.25) is 0 Å². The van der Waals surface area contributed by atoms with Gasteiger partial charge in [-0.1, -0.05) is 38.1 Å². The number of fused-ring (bicyclic) bond motifs is 2. The van der Waals surface area contributed by atoms with E-state index in [1.54, 1.807) is 62.6 Å². The largest absolute Gasteiger partial charge is 0.476 e. The van der Waals surface area contributed by atoms with Crippen LogP contribution in [0.1, 0.15) is 41.0 Å². The van der Waals surface area contributed by atoms with Gasteiger partial charge in [0, 0.05) is 14.1 Å². The molecule has 0 bridgehead atoms. The number of para-hydroxylation sites is 2. The molecule has 4 rings (SSSR count). The summed E-state index contributed by atoms with van der Waals surface area (Å²) in [7, 11) is 3.25. The molecule has 0 aliphatic carbocycles. The van der Waals surface area contributed by atoms with E-state index < -0.39 is 29.9 Å². The first kappa shape index (κ1) is 22.5. The number of imide groups is 1. The summed E-state index contributed by atoms with van der Waals surface area (Å²) in [5.74, 6) is -1.19. The third kappa shape index (κ3) is 3.97. The van der Waals surface area contributed by atoms with Crippen LogP contribution in [-0.4, -0.2) is 66.2 Å². The molecule has 0 aromatic heterocycles. The molecule has 2 aliphatic heterocycles. The second-order valence-corrected chi connectivity index (χ2v) is 8.93. The number of hydrogen-bond acceptors (Lipinski definition) is 5. The second-order valence-electron chi connectivity index (χ2n) is 8.93. The molecule has 2 aromatic rings. The second kappa shape index (κ2) is 8.69. The Morgan fingerprint density at radius 2 is 1.58 bits per heavy atom. The van der Waals surface area contributed by atoms with E-state index in [4.69, 9.17) is 4.74 Å². The molecule has 2 aromatic carbocycles. The molecule has 0 radical (unpaired) electrons. The third-order valence-corrected chi connectivity index (χ3v) is 5.87. The summed E-state index contributed by atoms with van der Waals surface area (Å²) in [5.41, 5.74) is 1.11. The number of carbonyl (C=O) groups excluding carboxylic acids is 4. The van der Waals surface area contributed by atoms with Crippen molar-refractivity contribution in [1.82, 2.24) is 9.80 Å². The van der Waals surface area contributed by atoms with Gasteiger partial charge in [-0.05, 0) is 36.6 Å². The Kier molecular flexibility index (Phi) is 5.93. The van der Waals surface area contributed by atoms with Crippen LogP contribution in [0.25, 0.3) is 0 Å². The number of benzene rings is 2. The van der Waals surface area contributed by atoms with Gasteiger partial charge in [-0.2, -0.15) is 0 Å². The van der Waals surface area contributed by atoms with E-state index in [0.29, 0.717) is 29.0 Å². The molecule has 8 nitrogen and oxygen atoms in total. The van der Waals surface area contributed by atoms with Crippen molar-refractivity contribution in [2.75, 3.05) is 25.5 Å². The summed E-state index contributed by atoms with van der Waals surface area (Å²) < 4.78 is 5.88. The van der Waals surface area contributed by atoms with E-state index in [0.717, 1.165) is 4.90 Å². The van der Waals surface area contributed by atoms with E-state index in [1.165, 1.54) is 9.80 Å². The van der Waals surface area contributed by atoms with E-state index in [-0.39, 0.29) is 18.4 Å². The fraction of sp³-hybridized carbons (Fsp3) is 0.360. The Hall–Kier alpha value is -3.68. The fourth-order valence-corrected chi connectivity index (χ4v) is 4.29. The van der Waals surface area contributed by atoms with Crippen LogP contribution < -0.4 is 9.64 Å². The van der Waals surface area contributed by atoms with Gasteiger partial charge < -0.3 is 14.5 Å². The monoisotopic (exact) mass is 449 g/mol. The molecule has 0 unspecified atom stereocenters. The first-order valence-electron chi connectivity index (χ1n) is 11.0. The van der Waals surface area contributed by atoms with Crippen molar-refractivity contribution in [3.8, 4) is 5.75 Å². The lowest BCUT2D eigenvalue weighted by molar-refractivity contribution is -0.136. The number of amides is 4. The van der Waals surface area contributed by atoms with Gasteiger partial charge >= 0.3 is 0 Å². The summed E-state index contributed by atoms with van der Waals surface area (Å²) in [6.45, 7) is 3.86. The average Bonchev–Trinajstić information content (AvgIpc) is 3.05. The maximum absolute atomic E-state index is 14.0. The molecule has 0 saturated carbocycles. The Bertz CT molecular complexity index is 1090. The lowest BCUT2D eigenvalue weighted by atomic mass is 10.00. The maximum atomic E-state index is 14.0. The minimum absolute atomic E-state index is 0.00930. The molecule has 2 heterocycles. The molecular weight excluding hydrogens is 422 g/mol. The molecule has 2 atom stereocenters. The van der Waals surface area contributed by atoms with Gasteiger partial charge in [-0.15, -0.1) is 0 Å². The molecule has 0 saturated heterocycles. The Morgan fingerprint density at radius 1 is 1.00 bits per heavy atom. The van der Waals surface area contributed by atoms with Crippen molar-refractivity contribution in [1.29, 1.82) is 0 Å². The zero-order chi connectivity index (χ0) is 23.9. The van der Waals surface area contributed by atoms with E-state index in [2.05, 4.69) is 0 Å². The van der Waals surface area contributed by atoms with Crippen LogP contribution in [0.15, 0.2) is 48.5 Å². The topological polar surface area (TPSA) is 87.2 Å². The molecule has 8 heteroatoms. The highest BCUT2D eigenvalue weighted by Gasteiger charge is 2.46. The number of carbonyl (C=O) groups is 4. The summed E-state index contributed by atoms with van der Waals surface area (Å²) in [6, 6.07) is 12.6. The van der Waals surface area contributed by atoms with Gasteiger partial charge in [0.25, 0.3) is 23.6 Å². The quantitative estimate of drug-likeness (QED) is 0.655. The van der Waals surface area contributed by atoms with Gasteiger partial charge in [0.15, 0.2) is 6.10 Å². The number of ether oxygens (including phenoxy) is 1. The van der Waals surface area contributed by atoms with Crippen molar-refractivity contribution in [3.05, 3.63) is 59.7 Å². The molecule has 33 heavy (non-hydrogen) atoms. The minimum atomic E-state index is -1.00. The smallest absolute Gasteiger partial charge is 0.265 e. The number of rotatable bonds is 5. The Balaban J connectivity index is 1.73. The van der Waals surface area contributed by atoms with E-state index >= 15 is 0 Å². The predicted octanol–water partition coefficient (Wildman–Crippen LogP) is 2.58. The lowest BCUT2D eigenvalue weighted by Gasteiger charge is -2.38. The third-order valence-electron chi connectivity index (χ3n) is 5.87. The van der Waals surface area contributed by atoms with Crippen molar-refractivity contribution in [2.45, 2.75) is 32.4 Å². The SMILES string of the molecule is CC(C)C[C@@H](C(=O)N1C[C@H](C(=O)N(C)C)Oc2ccccc21)N1C(=O)c2ccccc2C1=O. The fourth-order valence-electron chi connectivity index (χ4n) is 4.29. The first-order chi connectivity index (χ1) is 15.7. The zero-order valence-corrected chi connectivity index (χ0v) is 19.1. The predicted molar refractivity (Wildman–Crippen MR) is 122 cm³/mol. The summed E-state index contributed by atoms with van der Waals surface area (Å²) in [4.78, 5) is 57.0. The van der Waals surface area contributed by atoms with Crippen LogP contribution in [-0.2, 0) is 9.59 Å². The zero-order valence-electron chi connectivity index (χ0n) is 19.1. The van der Waals surface area contributed by atoms with Crippen molar-refractivity contribution >= 4 is 29.3 Å². The normalized spacial score (nSPS) is 18.0. The first-order valence-corrected chi connectivity index (χ1v) is 11.0. The van der Waals surface area contributed by atoms with Crippen LogP contribution in [0.3, 0.4) is 0 Å². The Labute approximate surface area is 192 Å². The van der Waals surface area contributed by atoms with Crippen LogP contribution in [0.5, 0.6) is 5.75 Å². The van der Waals surface area contributed by atoms with Gasteiger partial charge in [0.05, 0.1) is 23.4 Å². The van der Waals surface area contributed by atoms with Gasteiger partial charge in [-0.3, -0.25) is 24.1 Å². The van der Waals surface area contributed by atoms with E-state index in [1.807, 2.05) is 13.8 Å². The molecule has 0 N–H and O–H groups in total. The van der Waals surface area contributed by atoms with Crippen LogP contribution in [0.4, 0.5) is 5.69 Å². The van der Waals surface area contributed by atoms with Gasteiger partial charge in [0.2, 0.25) is 0 Å². The molecule has 172 valence electrons. The number of nitrogens with zero attached hydrogens (tertiary/aromatic N) is 3. The number of anilines is 1. The standard InChI is InChI=1S/C25H27N3O5/c1-15(2)13-19(28-22(29)16-9-5-6-10-17(16)23(28)30)24(31)27-14-21(25(32)26(3)4)33-20-12-8-7-11-18(20)27/h5-12,15,19,21H,13-14H2,1-4H3/t19-,21+/m0/s1. The molecule has 4 amide bonds. The average molecular weight is 450 g/mol. The van der Waals surface area contributed by atoms with Crippen LogP contribution >= 0.6 is 0 Å².